The molecule has 1 fully saturated rings. The van der Waals surface area contributed by atoms with Crippen molar-refractivity contribution in [2.45, 2.75) is 12.8 Å². The number of aliphatic hydroxyl groups excluding tert-OH is 1. The van der Waals surface area contributed by atoms with Gasteiger partial charge in [-0.2, -0.15) is 0 Å². The molecule has 1 aliphatic rings. The Kier molecular flexibility index (Phi) is 3.94. The van der Waals surface area contributed by atoms with E-state index in [-0.39, 0.29) is 6.61 Å². The molecule has 3 heteroatoms. The zero-order valence-corrected chi connectivity index (χ0v) is 9.47. The lowest BCUT2D eigenvalue weighted by atomic mass is 10.2. The highest BCUT2D eigenvalue weighted by atomic mass is 16.3. The van der Waals surface area contributed by atoms with E-state index in [4.69, 9.17) is 5.11 Å². The Morgan fingerprint density at radius 1 is 1.19 bits per heavy atom. The summed E-state index contributed by atoms with van der Waals surface area (Å²) in [6, 6.07) is 8.44. The second kappa shape index (κ2) is 5.66. The van der Waals surface area contributed by atoms with Gasteiger partial charge in [-0.05, 0) is 30.5 Å². The van der Waals surface area contributed by atoms with Crippen LogP contribution < -0.4 is 4.90 Å². The summed E-state index contributed by atoms with van der Waals surface area (Å²) in [7, 11) is 0. The van der Waals surface area contributed by atoms with Gasteiger partial charge in [-0.3, -0.25) is 4.99 Å². The summed E-state index contributed by atoms with van der Waals surface area (Å²) in [6.45, 7) is 2.95. The molecule has 0 aromatic heterocycles. The van der Waals surface area contributed by atoms with Crippen molar-refractivity contribution < 1.29 is 5.11 Å². The van der Waals surface area contributed by atoms with Crippen molar-refractivity contribution >= 4 is 11.9 Å². The Morgan fingerprint density at radius 3 is 2.50 bits per heavy atom. The molecule has 1 saturated heterocycles. The lowest BCUT2D eigenvalue weighted by Gasteiger charge is -2.17. The van der Waals surface area contributed by atoms with Crippen molar-refractivity contribution in [1.82, 2.24) is 0 Å². The monoisotopic (exact) mass is 218 g/mol. The van der Waals surface area contributed by atoms with E-state index >= 15 is 0 Å². The highest BCUT2D eigenvalue weighted by molar-refractivity contribution is 5.80. The van der Waals surface area contributed by atoms with Gasteiger partial charge in [-0.25, -0.2) is 0 Å². The second-order valence-corrected chi connectivity index (χ2v) is 4.04. The fourth-order valence-corrected chi connectivity index (χ4v) is 1.97. The van der Waals surface area contributed by atoms with E-state index < -0.39 is 0 Å². The van der Waals surface area contributed by atoms with Crippen LogP contribution in [0.2, 0.25) is 0 Å². The third-order valence-corrected chi connectivity index (χ3v) is 2.83. The molecule has 1 N–H and O–H groups in total. The summed E-state index contributed by atoms with van der Waals surface area (Å²) in [5.74, 6) is 0. The zero-order valence-electron chi connectivity index (χ0n) is 9.47. The number of nitrogens with zero attached hydrogens (tertiary/aromatic N) is 2. The van der Waals surface area contributed by atoms with Gasteiger partial charge in [0.25, 0.3) is 0 Å². The predicted molar refractivity (Wildman–Crippen MR) is 67.4 cm³/mol. The molecule has 16 heavy (non-hydrogen) atoms. The fraction of sp³-hybridized carbons (Fsp3) is 0.462. The van der Waals surface area contributed by atoms with Gasteiger partial charge in [0.15, 0.2) is 0 Å². The first-order valence-corrected chi connectivity index (χ1v) is 5.86. The summed E-state index contributed by atoms with van der Waals surface area (Å²) < 4.78 is 0. The smallest absolute Gasteiger partial charge is 0.0626 e. The molecule has 0 amide bonds. The normalized spacial score (nSPS) is 16.2. The Morgan fingerprint density at radius 2 is 1.88 bits per heavy atom. The standard InChI is InChI=1S/C13H18N2O/c16-10-7-14-11-12-3-5-13(6-4-12)15-8-1-2-9-15/h3-6,11,16H,1-2,7-10H2/b14-11+. The van der Waals surface area contributed by atoms with Crippen LogP contribution in [0.25, 0.3) is 0 Å². The third-order valence-electron chi connectivity index (χ3n) is 2.83. The molecular weight excluding hydrogens is 200 g/mol. The molecule has 0 aliphatic carbocycles. The lowest BCUT2D eigenvalue weighted by molar-refractivity contribution is 0.307. The van der Waals surface area contributed by atoms with Crippen LogP contribution in [0.3, 0.4) is 0 Å². The van der Waals surface area contributed by atoms with Gasteiger partial charge in [0.1, 0.15) is 0 Å². The number of aliphatic hydroxyl groups is 1. The maximum atomic E-state index is 8.61. The predicted octanol–water partition coefficient (Wildman–Crippen LogP) is 1.70. The molecule has 3 nitrogen and oxygen atoms in total. The Balaban J connectivity index is 1.98. The van der Waals surface area contributed by atoms with Crippen molar-refractivity contribution in [3.63, 3.8) is 0 Å². The number of aliphatic imine (C=N–C) groups is 1. The third kappa shape index (κ3) is 2.83. The van der Waals surface area contributed by atoms with Crippen molar-refractivity contribution in [2.75, 3.05) is 31.1 Å². The molecule has 0 radical (unpaired) electrons. The lowest BCUT2D eigenvalue weighted by Crippen LogP contribution is -2.17. The van der Waals surface area contributed by atoms with Crippen LogP contribution in [0, 0.1) is 0 Å². The molecule has 0 unspecified atom stereocenters. The van der Waals surface area contributed by atoms with E-state index in [0.717, 1.165) is 5.56 Å². The molecule has 1 aromatic rings. The zero-order chi connectivity index (χ0) is 11.2. The summed E-state index contributed by atoms with van der Waals surface area (Å²) in [4.78, 5) is 6.51. The average molecular weight is 218 g/mol. The Labute approximate surface area is 96.4 Å². The van der Waals surface area contributed by atoms with Gasteiger partial charge >= 0.3 is 0 Å². The fourth-order valence-electron chi connectivity index (χ4n) is 1.97. The SMILES string of the molecule is OCC/N=C/c1ccc(N2CCCC2)cc1. The minimum absolute atomic E-state index is 0.113. The maximum absolute atomic E-state index is 8.61. The number of rotatable bonds is 4. The quantitative estimate of drug-likeness (QED) is 0.781. The van der Waals surface area contributed by atoms with Crippen molar-refractivity contribution in [3.05, 3.63) is 29.8 Å². The van der Waals surface area contributed by atoms with Gasteiger partial charge in [0.05, 0.1) is 13.2 Å². The maximum Gasteiger partial charge on any atom is 0.0626 e. The van der Waals surface area contributed by atoms with Crippen LogP contribution in [-0.4, -0.2) is 37.6 Å². The minimum Gasteiger partial charge on any atom is -0.394 e. The van der Waals surface area contributed by atoms with Gasteiger partial charge < -0.3 is 10.0 Å². The van der Waals surface area contributed by atoms with E-state index in [0.29, 0.717) is 6.54 Å². The van der Waals surface area contributed by atoms with Gasteiger partial charge in [0, 0.05) is 25.0 Å². The highest BCUT2D eigenvalue weighted by Crippen LogP contribution is 2.19. The number of hydrogen-bond acceptors (Lipinski definition) is 3. The van der Waals surface area contributed by atoms with Crippen LogP contribution in [0.1, 0.15) is 18.4 Å². The second-order valence-electron chi connectivity index (χ2n) is 4.04. The summed E-state index contributed by atoms with van der Waals surface area (Å²) >= 11 is 0. The molecule has 0 saturated carbocycles. The van der Waals surface area contributed by atoms with Crippen LogP contribution >= 0.6 is 0 Å². The van der Waals surface area contributed by atoms with Gasteiger partial charge in [-0.1, -0.05) is 12.1 Å². The van der Waals surface area contributed by atoms with Crippen molar-refractivity contribution in [2.24, 2.45) is 4.99 Å². The topological polar surface area (TPSA) is 35.8 Å². The van der Waals surface area contributed by atoms with E-state index in [1.54, 1.807) is 0 Å². The van der Waals surface area contributed by atoms with Crippen LogP contribution in [0.5, 0.6) is 0 Å². The Hall–Kier alpha value is -1.35. The first-order valence-electron chi connectivity index (χ1n) is 5.86. The van der Waals surface area contributed by atoms with Crippen molar-refractivity contribution in [3.8, 4) is 0 Å². The molecule has 0 bridgehead atoms. The van der Waals surface area contributed by atoms with Crippen LogP contribution in [0.4, 0.5) is 5.69 Å². The van der Waals surface area contributed by atoms with E-state index in [1.165, 1.54) is 31.6 Å². The molecule has 1 aliphatic heterocycles. The first kappa shape index (κ1) is 11.1. The number of hydrogen-bond donors (Lipinski definition) is 1. The highest BCUT2D eigenvalue weighted by Gasteiger charge is 2.11. The molecule has 2 rings (SSSR count). The molecular formula is C13H18N2O. The average Bonchev–Trinajstić information content (AvgIpc) is 2.84. The summed E-state index contributed by atoms with van der Waals surface area (Å²) in [5, 5.41) is 8.61. The first-order chi connectivity index (χ1) is 7.90. The van der Waals surface area contributed by atoms with Crippen LogP contribution in [-0.2, 0) is 0 Å². The van der Waals surface area contributed by atoms with E-state index in [2.05, 4.69) is 34.2 Å². The summed E-state index contributed by atoms with van der Waals surface area (Å²) in [6.07, 6.45) is 4.42. The molecule has 1 aromatic carbocycles. The van der Waals surface area contributed by atoms with Gasteiger partial charge in [-0.15, -0.1) is 0 Å². The van der Waals surface area contributed by atoms with Crippen LogP contribution in [0.15, 0.2) is 29.3 Å². The van der Waals surface area contributed by atoms with E-state index in [9.17, 15) is 0 Å². The van der Waals surface area contributed by atoms with E-state index in [1.807, 2.05) is 6.21 Å². The minimum atomic E-state index is 0.113. The summed E-state index contributed by atoms with van der Waals surface area (Å²) in [5.41, 5.74) is 2.40. The molecule has 0 atom stereocenters. The molecule has 86 valence electrons. The molecule has 1 heterocycles. The number of benzene rings is 1. The van der Waals surface area contributed by atoms with Crippen molar-refractivity contribution in [1.29, 1.82) is 0 Å². The van der Waals surface area contributed by atoms with Gasteiger partial charge in [0.2, 0.25) is 0 Å². The largest absolute Gasteiger partial charge is 0.394 e. The molecule has 0 spiro atoms. The number of anilines is 1. The Bertz CT molecular complexity index is 339.